The smallest absolute Gasteiger partial charge is 0.152 e. The minimum absolute atomic E-state index is 0. The molecule has 0 atom stereocenters. The Kier molecular flexibility index (Phi) is 4.71. The number of nitrogens with two attached hydrogens (primary N) is 1. The van der Waals surface area contributed by atoms with Gasteiger partial charge in [-0.15, -0.1) is 24.8 Å². The molecule has 82 valence electrons. The predicted octanol–water partition coefficient (Wildman–Crippen LogP) is 2.94. The lowest BCUT2D eigenvalue weighted by molar-refractivity contribution is 0.590. The van der Waals surface area contributed by atoms with Crippen molar-refractivity contribution in [3.05, 3.63) is 36.0 Å². The molecular formula is C9H8Cl2F2N2. The number of aromatic nitrogens is 1. The molecule has 0 spiro atoms. The van der Waals surface area contributed by atoms with E-state index < -0.39 is 11.6 Å². The van der Waals surface area contributed by atoms with Gasteiger partial charge in [0.15, 0.2) is 5.82 Å². The molecule has 2 nitrogen and oxygen atoms in total. The molecular weight excluding hydrogens is 245 g/mol. The molecule has 15 heavy (non-hydrogen) atoms. The second-order valence-electron chi connectivity index (χ2n) is 2.68. The minimum Gasteiger partial charge on any atom is -0.398 e. The number of pyridine rings is 1. The molecule has 0 amide bonds. The lowest BCUT2D eigenvalue weighted by Crippen LogP contribution is -1.92. The lowest BCUT2D eigenvalue weighted by Gasteiger charge is -2.01. The third kappa shape index (κ3) is 2.46. The van der Waals surface area contributed by atoms with Crippen molar-refractivity contribution in [2.75, 3.05) is 5.73 Å². The van der Waals surface area contributed by atoms with Crippen LogP contribution < -0.4 is 5.73 Å². The first-order chi connectivity index (χ1) is 6.18. The molecule has 0 aliphatic carbocycles. The number of hydrogen-bond donors (Lipinski definition) is 1. The number of halogens is 4. The Bertz CT molecular complexity index is 477. The van der Waals surface area contributed by atoms with Gasteiger partial charge in [-0.2, -0.15) is 0 Å². The van der Waals surface area contributed by atoms with Crippen molar-refractivity contribution in [2.45, 2.75) is 0 Å². The average molecular weight is 253 g/mol. The van der Waals surface area contributed by atoms with E-state index in [0.717, 1.165) is 6.07 Å². The molecule has 0 saturated heterocycles. The van der Waals surface area contributed by atoms with Gasteiger partial charge in [0.2, 0.25) is 0 Å². The highest BCUT2D eigenvalue weighted by atomic mass is 35.5. The fourth-order valence-electron chi connectivity index (χ4n) is 1.20. The number of nitrogen functional groups attached to an aromatic ring is 1. The number of fused-ring (bicyclic) bond motifs is 1. The Morgan fingerprint density at radius 3 is 2.47 bits per heavy atom. The maximum atomic E-state index is 13.1. The summed E-state index contributed by atoms with van der Waals surface area (Å²) in [5.41, 5.74) is 5.94. The Morgan fingerprint density at radius 2 is 1.80 bits per heavy atom. The largest absolute Gasteiger partial charge is 0.398 e. The van der Waals surface area contributed by atoms with Crippen LogP contribution in [0.25, 0.3) is 10.9 Å². The van der Waals surface area contributed by atoms with E-state index in [1.165, 1.54) is 18.3 Å². The highest BCUT2D eigenvalue weighted by Gasteiger charge is 2.06. The summed E-state index contributed by atoms with van der Waals surface area (Å²) in [7, 11) is 0. The maximum Gasteiger partial charge on any atom is 0.152 e. The van der Waals surface area contributed by atoms with Crippen molar-refractivity contribution in [3.63, 3.8) is 0 Å². The fraction of sp³-hybridized carbons (Fsp3) is 0. The molecule has 1 aromatic heterocycles. The predicted molar refractivity (Wildman–Crippen MR) is 60.6 cm³/mol. The minimum atomic E-state index is -0.692. The van der Waals surface area contributed by atoms with Gasteiger partial charge in [-0.3, -0.25) is 4.98 Å². The van der Waals surface area contributed by atoms with Gasteiger partial charge in [-0.1, -0.05) is 0 Å². The molecule has 0 bridgehead atoms. The van der Waals surface area contributed by atoms with Gasteiger partial charge in [-0.05, 0) is 12.1 Å². The summed E-state index contributed by atoms with van der Waals surface area (Å²) in [6.45, 7) is 0. The van der Waals surface area contributed by atoms with Crippen molar-refractivity contribution >= 4 is 41.4 Å². The lowest BCUT2D eigenvalue weighted by atomic mass is 10.2. The highest BCUT2D eigenvalue weighted by Crippen LogP contribution is 2.22. The monoisotopic (exact) mass is 252 g/mol. The van der Waals surface area contributed by atoms with E-state index >= 15 is 0 Å². The van der Waals surface area contributed by atoms with Crippen LogP contribution in [0.2, 0.25) is 0 Å². The van der Waals surface area contributed by atoms with Crippen LogP contribution in [0.5, 0.6) is 0 Å². The summed E-state index contributed by atoms with van der Waals surface area (Å²) in [4.78, 5) is 3.76. The number of anilines is 1. The van der Waals surface area contributed by atoms with Crippen molar-refractivity contribution in [1.82, 2.24) is 4.98 Å². The quantitative estimate of drug-likeness (QED) is 0.783. The van der Waals surface area contributed by atoms with Gasteiger partial charge in [-0.25, -0.2) is 8.78 Å². The fourth-order valence-corrected chi connectivity index (χ4v) is 1.20. The number of benzene rings is 1. The third-order valence-electron chi connectivity index (χ3n) is 1.80. The zero-order valence-corrected chi connectivity index (χ0v) is 9.04. The van der Waals surface area contributed by atoms with Gasteiger partial charge in [0.25, 0.3) is 0 Å². The molecule has 2 N–H and O–H groups in total. The van der Waals surface area contributed by atoms with Crippen molar-refractivity contribution in [2.24, 2.45) is 0 Å². The topological polar surface area (TPSA) is 38.9 Å². The molecule has 2 aromatic rings. The van der Waals surface area contributed by atoms with Crippen LogP contribution in [-0.2, 0) is 0 Å². The van der Waals surface area contributed by atoms with E-state index in [4.69, 9.17) is 5.73 Å². The van der Waals surface area contributed by atoms with Crippen LogP contribution in [0, 0.1) is 11.6 Å². The summed E-state index contributed by atoms with van der Waals surface area (Å²) >= 11 is 0. The van der Waals surface area contributed by atoms with Gasteiger partial charge < -0.3 is 5.73 Å². The molecule has 1 aromatic carbocycles. The molecule has 0 radical (unpaired) electrons. The van der Waals surface area contributed by atoms with E-state index in [9.17, 15) is 8.78 Å². The van der Waals surface area contributed by atoms with Crippen molar-refractivity contribution in [3.8, 4) is 0 Å². The summed E-state index contributed by atoms with van der Waals surface area (Å²) in [5.74, 6) is -1.34. The van der Waals surface area contributed by atoms with Crippen LogP contribution in [0.3, 0.4) is 0 Å². The molecule has 1 heterocycles. The molecule has 2 rings (SSSR count). The number of hydrogen-bond acceptors (Lipinski definition) is 2. The number of rotatable bonds is 0. The van der Waals surface area contributed by atoms with Crippen LogP contribution in [-0.4, -0.2) is 4.98 Å². The van der Waals surface area contributed by atoms with Gasteiger partial charge in [0, 0.05) is 23.3 Å². The molecule has 0 unspecified atom stereocenters. The SMILES string of the molecule is Cl.Cl.Nc1ccnc2c(F)cc(F)cc12. The van der Waals surface area contributed by atoms with E-state index in [1.54, 1.807) is 0 Å². The Labute approximate surface area is 97.3 Å². The Morgan fingerprint density at radius 1 is 1.13 bits per heavy atom. The first kappa shape index (κ1) is 13.9. The van der Waals surface area contributed by atoms with Gasteiger partial charge >= 0.3 is 0 Å². The second-order valence-corrected chi connectivity index (χ2v) is 2.68. The van der Waals surface area contributed by atoms with E-state index in [-0.39, 0.29) is 30.3 Å². The summed E-state index contributed by atoms with van der Waals surface area (Å²) in [5, 5.41) is 0.306. The summed E-state index contributed by atoms with van der Waals surface area (Å²) < 4.78 is 25.8. The maximum absolute atomic E-state index is 13.1. The summed E-state index contributed by atoms with van der Waals surface area (Å²) in [6.07, 6.45) is 1.39. The second kappa shape index (κ2) is 5.09. The van der Waals surface area contributed by atoms with Gasteiger partial charge in [0.1, 0.15) is 11.3 Å². The van der Waals surface area contributed by atoms with Crippen LogP contribution in [0.1, 0.15) is 0 Å². The van der Waals surface area contributed by atoms with Crippen LogP contribution in [0.4, 0.5) is 14.5 Å². The van der Waals surface area contributed by atoms with Crippen molar-refractivity contribution in [1.29, 1.82) is 0 Å². The first-order valence-corrected chi connectivity index (χ1v) is 3.68. The normalized spacial score (nSPS) is 9.20. The Balaban J connectivity index is 0.000000980. The molecule has 0 fully saturated rings. The van der Waals surface area contributed by atoms with Crippen LogP contribution in [0.15, 0.2) is 24.4 Å². The number of nitrogens with zero attached hydrogens (tertiary/aromatic N) is 1. The Hall–Kier alpha value is -1.13. The molecule has 6 heteroatoms. The molecule has 0 saturated carbocycles. The highest BCUT2D eigenvalue weighted by molar-refractivity contribution is 5.90. The first-order valence-electron chi connectivity index (χ1n) is 3.68. The molecule has 0 aliphatic rings. The average Bonchev–Trinajstić information content (AvgIpc) is 2.07. The zero-order valence-electron chi connectivity index (χ0n) is 7.41. The summed E-state index contributed by atoms with van der Waals surface area (Å²) in [6, 6.07) is 3.46. The standard InChI is InChI=1S/C9H6F2N2.2ClH/c10-5-3-6-8(12)1-2-13-9(6)7(11)4-5;;/h1-4H,(H2,12,13);2*1H. The van der Waals surface area contributed by atoms with Crippen LogP contribution >= 0.6 is 24.8 Å². The van der Waals surface area contributed by atoms with E-state index in [0.29, 0.717) is 11.1 Å². The zero-order chi connectivity index (χ0) is 9.42. The van der Waals surface area contributed by atoms with Gasteiger partial charge in [0.05, 0.1) is 0 Å². The van der Waals surface area contributed by atoms with E-state index in [1.807, 2.05) is 0 Å². The van der Waals surface area contributed by atoms with E-state index in [2.05, 4.69) is 4.98 Å². The van der Waals surface area contributed by atoms with Crippen molar-refractivity contribution < 1.29 is 8.78 Å². The molecule has 0 aliphatic heterocycles. The third-order valence-corrected chi connectivity index (χ3v) is 1.80.